The van der Waals surface area contributed by atoms with Gasteiger partial charge in [-0.3, -0.25) is 9.67 Å². The topological polar surface area (TPSA) is 80.5 Å². The molecule has 0 N–H and O–H groups in total. The molecule has 1 aliphatic heterocycles. The van der Waals surface area contributed by atoms with Crippen molar-refractivity contribution >= 4 is 0 Å². The lowest BCUT2D eigenvalue weighted by Gasteiger charge is -2.18. The molecule has 8 nitrogen and oxygen atoms in total. The van der Waals surface area contributed by atoms with E-state index in [0.29, 0.717) is 31.5 Å². The fraction of sp³-hybridized carbons (Fsp3) is 0.409. The van der Waals surface area contributed by atoms with Gasteiger partial charge in [-0.05, 0) is 32.4 Å². The van der Waals surface area contributed by atoms with Gasteiger partial charge in [0.15, 0.2) is 6.29 Å². The zero-order chi connectivity index (χ0) is 21.1. The molecule has 0 bridgehead atoms. The Morgan fingerprint density at radius 1 is 1.20 bits per heavy atom. The normalized spacial score (nSPS) is 14.4. The largest absolute Gasteiger partial charge is 0.487 e. The van der Waals surface area contributed by atoms with Gasteiger partial charge in [0.1, 0.15) is 12.4 Å². The second kappa shape index (κ2) is 8.81. The van der Waals surface area contributed by atoms with Crippen molar-refractivity contribution in [2.45, 2.75) is 39.7 Å². The van der Waals surface area contributed by atoms with Crippen LogP contribution in [0, 0.1) is 6.92 Å². The molecule has 0 atom stereocenters. The third-order valence-corrected chi connectivity index (χ3v) is 4.92. The molecule has 3 aromatic rings. The Hall–Kier alpha value is -2.97. The summed E-state index contributed by atoms with van der Waals surface area (Å²) in [7, 11) is 1.57. The summed E-state index contributed by atoms with van der Waals surface area (Å²) in [6, 6.07) is 5.93. The molecule has 0 aromatic carbocycles. The van der Waals surface area contributed by atoms with E-state index in [1.165, 1.54) is 0 Å². The van der Waals surface area contributed by atoms with Crippen molar-refractivity contribution in [3.63, 3.8) is 0 Å². The fourth-order valence-electron chi connectivity index (χ4n) is 3.45. The zero-order valence-corrected chi connectivity index (χ0v) is 17.7. The molecule has 4 heterocycles. The molecule has 3 aromatic heterocycles. The van der Waals surface area contributed by atoms with Crippen LogP contribution < -0.4 is 9.47 Å². The lowest BCUT2D eigenvalue weighted by molar-refractivity contribution is -0.0460. The van der Waals surface area contributed by atoms with Crippen LogP contribution in [-0.2, 0) is 16.1 Å². The molecule has 0 spiro atoms. The van der Waals surface area contributed by atoms with Crippen LogP contribution in [-0.4, -0.2) is 40.1 Å². The van der Waals surface area contributed by atoms with Crippen molar-refractivity contribution in [3.8, 4) is 23.0 Å². The number of aryl methyl sites for hydroxylation is 1. The SMILES string of the molecule is COc1cc(C2OCCO2)c(OCc2cccnc2-c2c(C)cnn2C(C)C)cn1. The molecule has 0 unspecified atom stereocenters. The Labute approximate surface area is 175 Å². The van der Waals surface area contributed by atoms with Crippen LogP contribution in [0.1, 0.15) is 42.9 Å². The van der Waals surface area contributed by atoms with Gasteiger partial charge in [0.2, 0.25) is 5.88 Å². The monoisotopic (exact) mass is 410 g/mol. The average Bonchev–Trinajstić information content (AvgIpc) is 3.42. The van der Waals surface area contributed by atoms with E-state index in [0.717, 1.165) is 28.1 Å². The van der Waals surface area contributed by atoms with Crippen molar-refractivity contribution in [3.05, 3.63) is 53.5 Å². The highest BCUT2D eigenvalue weighted by molar-refractivity contribution is 5.62. The van der Waals surface area contributed by atoms with Crippen LogP contribution in [0.25, 0.3) is 11.4 Å². The van der Waals surface area contributed by atoms with Gasteiger partial charge in [0.25, 0.3) is 0 Å². The minimum absolute atomic E-state index is 0.221. The summed E-state index contributed by atoms with van der Waals surface area (Å²) in [5.74, 6) is 1.07. The molecule has 1 saturated heterocycles. The predicted molar refractivity (Wildman–Crippen MR) is 110 cm³/mol. The van der Waals surface area contributed by atoms with E-state index in [1.807, 2.05) is 29.9 Å². The lowest BCUT2D eigenvalue weighted by atomic mass is 10.1. The van der Waals surface area contributed by atoms with Crippen LogP contribution in [0.5, 0.6) is 11.6 Å². The second-order valence-electron chi connectivity index (χ2n) is 7.35. The van der Waals surface area contributed by atoms with E-state index in [-0.39, 0.29) is 6.04 Å². The van der Waals surface area contributed by atoms with Crippen molar-refractivity contribution < 1.29 is 18.9 Å². The second-order valence-corrected chi connectivity index (χ2v) is 7.35. The standard InChI is InChI=1S/C22H26N4O4/c1-14(2)26-21(15(3)11-25-26)20-16(6-5-7-23-20)13-30-18-12-24-19(27-4)10-17(18)22-28-8-9-29-22/h5-7,10-12,14,22H,8-9,13H2,1-4H3. The highest BCUT2D eigenvalue weighted by atomic mass is 16.7. The number of ether oxygens (including phenoxy) is 4. The van der Waals surface area contributed by atoms with Gasteiger partial charge in [-0.15, -0.1) is 0 Å². The Kier molecular flexibility index (Phi) is 5.96. The molecular formula is C22H26N4O4. The maximum Gasteiger partial charge on any atom is 0.213 e. The van der Waals surface area contributed by atoms with E-state index in [1.54, 1.807) is 25.6 Å². The molecule has 1 fully saturated rings. The molecule has 0 radical (unpaired) electrons. The van der Waals surface area contributed by atoms with Gasteiger partial charge in [-0.1, -0.05) is 6.07 Å². The first kappa shape index (κ1) is 20.3. The Bertz CT molecular complexity index is 1010. The van der Waals surface area contributed by atoms with Gasteiger partial charge >= 0.3 is 0 Å². The summed E-state index contributed by atoms with van der Waals surface area (Å²) in [5, 5.41) is 4.52. The Morgan fingerprint density at radius 3 is 2.73 bits per heavy atom. The van der Waals surface area contributed by atoms with E-state index in [9.17, 15) is 0 Å². The number of nitrogens with zero attached hydrogens (tertiary/aromatic N) is 4. The summed E-state index contributed by atoms with van der Waals surface area (Å²) in [4.78, 5) is 8.92. The summed E-state index contributed by atoms with van der Waals surface area (Å²) in [6.07, 6.45) is 4.81. The molecule has 30 heavy (non-hydrogen) atoms. The zero-order valence-electron chi connectivity index (χ0n) is 17.7. The summed E-state index contributed by atoms with van der Waals surface area (Å²) in [5.41, 5.74) is 4.65. The molecule has 0 amide bonds. The quantitative estimate of drug-likeness (QED) is 0.585. The van der Waals surface area contributed by atoms with Gasteiger partial charge in [0.05, 0.1) is 49.7 Å². The number of pyridine rings is 2. The maximum atomic E-state index is 6.17. The number of aromatic nitrogens is 4. The smallest absolute Gasteiger partial charge is 0.213 e. The molecule has 4 rings (SSSR count). The van der Waals surface area contributed by atoms with Crippen LogP contribution in [0.4, 0.5) is 0 Å². The van der Waals surface area contributed by atoms with Crippen molar-refractivity contribution in [2.75, 3.05) is 20.3 Å². The highest BCUT2D eigenvalue weighted by Crippen LogP contribution is 2.34. The van der Waals surface area contributed by atoms with E-state index >= 15 is 0 Å². The van der Waals surface area contributed by atoms with Crippen molar-refractivity contribution in [1.82, 2.24) is 19.7 Å². The third-order valence-electron chi connectivity index (χ3n) is 4.92. The van der Waals surface area contributed by atoms with Crippen molar-refractivity contribution in [2.24, 2.45) is 0 Å². The number of hydrogen-bond acceptors (Lipinski definition) is 7. The maximum absolute atomic E-state index is 6.17. The number of methoxy groups -OCH3 is 1. The summed E-state index contributed by atoms with van der Waals surface area (Å²) >= 11 is 0. The summed E-state index contributed by atoms with van der Waals surface area (Å²) < 4.78 is 24.7. The van der Waals surface area contributed by atoms with E-state index in [4.69, 9.17) is 18.9 Å². The molecule has 158 valence electrons. The first-order chi connectivity index (χ1) is 14.6. The van der Waals surface area contributed by atoms with Gasteiger partial charge in [0, 0.05) is 23.9 Å². The average molecular weight is 410 g/mol. The molecule has 0 aliphatic carbocycles. The van der Waals surface area contributed by atoms with Crippen LogP contribution in [0.2, 0.25) is 0 Å². The highest BCUT2D eigenvalue weighted by Gasteiger charge is 2.24. The fourth-order valence-corrected chi connectivity index (χ4v) is 3.45. The first-order valence-corrected chi connectivity index (χ1v) is 9.96. The molecule has 1 aliphatic rings. The molecular weight excluding hydrogens is 384 g/mol. The first-order valence-electron chi connectivity index (χ1n) is 9.96. The molecule has 0 saturated carbocycles. The minimum atomic E-state index is -0.491. The minimum Gasteiger partial charge on any atom is -0.487 e. The van der Waals surface area contributed by atoms with Gasteiger partial charge < -0.3 is 18.9 Å². The van der Waals surface area contributed by atoms with Gasteiger partial charge in [-0.25, -0.2) is 4.98 Å². The predicted octanol–water partition coefficient (Wildman–Crippen LogP) is 3.86. The van der Waals surface area contributed by atoms with Crippen LogP contribution >= 0.6 is 0 Å². The Morgan fingerprint density at radius 2 is 2.00 bits per heavy atom. The van der Waals surface area contributed by atoms with Gasteiger partial charge in [-0.2, -0.15) is 5.10 Å². The summed E-state index contributed by atoms with van der Waals surface area (Å²) in [6.45, 7) is 7.65. The third kappa shape index (κ3) is 4.01. The van der Waals surface area contributed by atoms with Crippen molar-refractivity contribution in [1.29, 1.82) is 0 Å². The molecule has 8 heteroatoms. The van der Waals surface area contributed by atoms with Crippen LogP contribution in [0.3, 0.4) is 0 Å². The number of rotatable bonds is 7. The van der Waals surface area contributed by atoms with Crippen LogP contribution in [0.15, 0.2) is 36.8 Å². The lowest BCUT2D eigenvalue weighted by Crippen LogP contribution is -2.09. The van der Waals surface area contributed by atoms with E-state index in [2.05, 4.69) is 28.9 Å². The number of hydrogen-bond donors (Lipinski definition) is 0. The Balaban J connectivity index is 1.64. The van der Waals surface area contributed by atoms with E-state index < -0.39 is 6.29 Å².